The summed E-state index contributed by atoms with van der Waals surface area (Å²) in [5.74, 6) is 0. The molecule has 0 aliphatic rings. The molecule has 0 aliphatic heterocycles. The standard InChI is InChI=1S/12Mo.H3O4P/c;;;;;;;;;;;;1-5(2,3)4/h;;;;;;;;;;;;(H3,1,2,3,4). The molecule has 0 unspecified atom stereocenters. The van der Waals surface area contributed by atoms with Gasteiger partial charge in [-0.15, -0.1) is 0 Å². The first-order chi connectivity index (χ1) is 2.00. The van der Waals surface area contributed by atoms with Crippen LogP contribution in [0.2, 0.25) is 0 Å². The Labute approximate surface area is 273 Å². The Balaban J connectivity index is -0.00000000121. The molecule has 17 heavy (non-hydrogen) atoms. The Hall–Kier alpha value is 8.37. The molecule has 4 nitrogen and oxygen atoms in total. The Bertz CT molecular complexity index is 64.6. The number of rotatable bonds is 0. The molecule has 0 rings (SSSR count). The fourth-order valence-corrected chi connectivity index (χ4v) is 0. The average Bonchev–Trinajstić information content (AvgIpc) is 0.722. The van der Waals surface area contributed by atoms with Crippen LogP contribution in [0.5, 0.6) is 0 Å². The molecule has 0 atom stereocenters. The number of hydrogen-bond donors (Lipinski definition) is 3. The Kier molecular flexibility index (Phi) is 373. The molecule has 0 radical (unpaired) electrons. The first-order valence-corrected chi connectivity index (χ1v) is 2.35. The Morgan fingerprint density at radius 3 is 0.412 bits per heavy atom. The summed E-state index contributed by atoms with van der Waals surface area (Å²) in [4.78, 5) is 21.6. The third-order valence-electron chi connectivity index (χ3n) is 0. The van der Waals surface area contributed by atoms with Crippen LogP contribution in [0.3, 0.4) is 0 Å². The van der Waals surface area contributed by atoms with Crippen molar-refractivity contribution in [2.24, 2.45) is 0 Å². The molecule has 0 spiro atoms. The molecule has 0 aromatic carbocycles. The predicted octanol–water partition coefficient (Wildman–Crippen LogP) is -0.959. The van der Waals surface area contributed by atoms with Crippen LogP contribution in [0.15, 0.2) is 0 Å². The van der Waals surface area contributed by atoms with Crippen LogP contribution in [-0.2, 0) is 257 Å². The van der Waals surface area contributed by atoms with Gasteiger partial charge < -0.3 is 14.7 Å². The monoisotopic (exact) mass is 1270 g/mol. The fraction of sp³-hybridized carbons (Fsp3) is 0. The first kappa shape index (κ1) is 98.5. The molecule has 0 aliphatic carbocycles. The molecule has 0 bridgehead atoms. The summed E-state index contributed by atoms with van der Waals surface area (Å²) in [5, 5.41) is 0. The molecule has 0 aromatic heterocycles. The van der Waals surface area contributed by atoms with Gasteiger partial charge in [0.2, 0.25) is 0 Å². The summed E-state index contributed by atoms with van der Waals surface area (Å²) in [6.07, 6.45) is 0. The van der Waals surface area contributed by atoms with Gasteiger partial charge in [0.1, 0.15) is 0 Å². The topological polar surface area (TPSA) is 77.8 Å². The molecule has 0 saturated carbocycles. The van der Waals surface area contributed by atoms with Crippen LogP contribution in [-0.4, -0.2) is 14.7 Å². The van der Waals surface area contributed by atoms with E-state index < -0.39 is 7.82 Å². The van der Waals surface area contributed by atoms with Gasteiger partial charge in [-0.25, -0.2) is 4.57 Å². The summed E-state index contributed by atoms with van der Waals surface area (Å²) in [6.45, 7) is 0. The van der Waals surface area contributed by atoms with Gasteiger partial charge >= 0.3 is 7.82 Å². The fourth-order valence-electron chi connectivity index (χ4n) is 0. The van der Waals surface area contributed by atoms with E-state index in [1.165, 1.54) is 0 Å². The van der Waals surface area contributed by atoms with Crippen molar-refractivity contribution >= 4 is 7.82 Å². The molecule has 0 aromatic rings. The zero-order chi connectivity index (χ0) is 4.50. The zero-order valence-corrected chi connectivity index (χ0v) is 32.1. The second kappa shape index (κ2) is 64.5. The SMILES string of the molecule is O=P(O)(O)O.[Mo].[Mo].[Mo].[Mo].[Mo].[Mo].[Mo].[Mo].[Mo].[Mo].[Mo].[Mo]. The first-order valence-electron chi connectivity index (χ1n) is 0.783. The summed E-state index contributed by atoms with van der Waals surface area (Å²) in [7, 11) is -4.64. The average molecular weight is 1250 g/mol. The molecular formula is H3Mo12O4P. The van der Waals surface area contributed by atoms with Crippen LogP contribution < -0.4 is 0 Å². The summed E-state index contributed by atoms with van der Waals surface area (Å²) in [6, 6.07) is 0. The van der Waals surface area contributed by atoms with Gasteiger partial charge in [-0.1, -0.05) is 0 Å². The van der Waals surface area contributed by atoms with E-state index in [0.29, 0.717) is 0 Å². The van der Waals surface area contributed by atoms with Gasteiger partial charge in [-0.2, -0.15) is 0 Å². The minimum Gasteiger partial charge on any atom is -0.303 e. The van der Waals surface area contributed by atoms with Crippen LogP contribution in [0.25, 0.3) is 0 Å². The van der Waals surface area contributed by atoms with Gasteiger partial charge in [0.15, 0.2) is 0 Å². The predicted molar refractivity (Wildman–Crippen MR) is 14.3 cm³/mol. The van der Waals surface area contributed by atoms with Crippen molar-refractivity contribution in [1.82, 2.24) is 0 Å². The quantitative estimate of drug-likeness (QED) is 0.216. The second-order valence-corrected chi connectivity index (χ2v) is 1.54. The third-order valence-corrected chi connectivity index (χ3v) is 0. The van der Waals surface area contributed by atoms with Crippen molar-refractivity contribution in [2.75, 3.05) is 0 Å². The molecule has 104 valence electrons. The largest absolute Gasteiger partial charge is 0.466 e. The van der Waals surface area contributed by atoms with E-state index in [-0.39, 0.29) is 253 Å². The van der Waals surface area contributed by atoms with Crippen molar-refractivity contribution in [3.05, 3.63) is 0 Å². The third kappa shape index (κ3) is 174. The summed E-state index contributed by atoms with van der Waals surface area (Å²) >= 11 is 0. The molecule has 3 N–H and O–H groups in total. The maximum Gasteiger partial charge on any atom is 0.466 e. The Morgan fingerprint density at radius 2 is 0.412 bits per heavy atom. The number of hydrogen-bond acceptors (Lipinski definition) is 1. The smallest absolute Gasteiger partial charge is 0.303 e. The zero-order valence-electron chi connectivity index (χ0n) is 7.10. The molecule has 0 heterocycles. The van der Waals surface area contributed by atoms with Crippen molar-refractivity contribution in [2.45, 2.75) is 0 Å². The summed E-state index contributed by atoms with van der Waals surface area (Å²) in [5.41, 5.74) is 0. The molecule has 0 amide bonds. The molecular weight excluding hydrogens is 1250 g/mol. The summed E-state index contributed by atoms with van der Waals surface area (Å²) < 4.78 is 8.88. The van der Waals surface area contributed by atoms with E-state index in [1.807, 2.05) is 0 Å². The Morgan fingerprint density at radius 1 is 0.412 bits per heavy atom. The second-order valence-electron chi connectivity index (χ2n) is 0.513. The van der Waals surface area contributed by atoms with E-state index in [4.69, 9.17) is 19.2 Å². The van der Waals surface area contributed by atoms with E-state index in [2.05, 4.69) is 0 Å². The molecule has 17 heteroatoms. The normalized spacial score (nSPS) is 3.47. The van der Waals surface area contributed by atoms with Crippen molar-refractivity contribution in [3.8, 4) is 0 Å². The minimum absolute atomic E-state index is 0. The molecule has 0 saturated heterocycles. The minimum atomic E-state index is -4.64. The van der Waals surface area contributed by atoms with Crippen LogP contribution >= 0.6 is 7.82 Å². The van der Waals surface area contributed by atoms with Gasteiger partial charge in [0, 0.05) is 253 Å². The van der Waals surface area contributed by atoms with E-state index in [1.54, 1.807) is 0 Å². The van der Waals surface area contributed by atoms with Gasteiger partial charge in [-0.05, 0) is 0 Å². The van der Waals surface area contributed by atoms with Gasteiger partial charge in [0.05, 0.1) is 0 Å². The van der Waals surface area contributed by atoms with Crippen molar-refractivity contribution in [1.29, 1.82) is 0 Å². The van der Waals surface area contributed by atoms with Crippen molar-refractivity contribution in [3.63, 3.8) is 0 Å². The van der Waals surface area contributed by atoms with Crippen LogP contribution in [0, 0.1) is 0 Å². The van der Waals surface area contributed by atoms with Gasteiger partial charge in [0.25, 0.3) is 0 Å². The molecule has 0 fully saturated rings. The van der Waals surface area contributed by atoms with Crippen molar-refractivity contribution < 1.29 is 272 Å². The van der Waals surface area contributed by atoms with E-state index in [0.717, 1.165) is 0 Å². The van der Waals surface area contributed by atoms with E-state index in [9.17, 15) is 0 Å². The van der Waals surface area contributed by atoms with Gasteiger partial charge in [-0.3, -0.25) is 0 Å². The number of phosphoric acid groups is 1. The maximum absolute atomic E-state index is 8.88. The van der Waals surface area contributed by atoms with Crippen LogP contribution in [0.1, 0.15) is 0 Å². The van der Waals surface area contributed by atoms with Crippen LogP contribution in [0.4, 0.5) is 0 Å². The van der Waals surface area contributed by atoms with E-state index >= 15 is 0 Å². The maximum atomic E-state index is 8.88.